The molecule has 0 spiro atoms. The lowest BCUT2D eigenvalue weighted by molar-refractivity contribution is 0.0997. The van der Waals surface area contributed by atoms with Crippen molar-refractivity contribution in [3.63, 3.8) is 0 Å². The molecule has 21 heavy (non-hydrogen) atoms. The molecule has 0 fully saturated rings. The van der Waals surface area contributed by atoms with Gasteiger partial charge in [0.1, 0.15) is 5.75 Å². The Hall–Kier alpha value is -1.64. The second-order valence-corrected chi connectivity index (χ2v) is 6.10. The predicted molar refractivity (Wildman–Crippen MR) is 79.9 cm³/mol. The van der Waals surface area contributed by atoms with Crippen LogP contribution in [0.3, 0.4) is 0 Å². The Kier molecular flexibility index (Phi) is 6.60. The van der Waals surface area contributed by atoms with Crippen LogP contribution >= 0.6 is 0 Å². The number of hydrogen-bond donors (Lipinski definition) is 3. The molecule has 7 nitrogen and oxygen atoms in total. The minimum absolute atomic E-state index is 0.0134. The van der Waals surface area contributed by atoms with Crippen LogP contribution in [0.25, 0.3) is 0 Å². The van der Waals surface area contributed by atoms with Crippen LogP contribution in [-0.4, -0.2) is 41.1 Å². The van der Waals surface area contributed by atoms with E-state index in [0.717, 1.165) is 13.1 Å². The zero-order valence-electron chi connectivity index (χ0n) is 12.2. The number of ether oxygens (including phenoxy) is 1. The maximum atomic E-state index is 12.1. The van der Waals surface area contributed by atoms with E-state index in [9.17, 15) is 13.2 Å². The minimum Gasteiger partial charge on any atom is -0.496 e. The van der Waals surface area contributed by atoms with E-state index in [1.165, 1.54) is 25.3 Å². The molecule has 0 aromatic heterocycles. The van der Waals surface area contributed by atoms with Crippen LogP contribution in [0.5, 0.6) is 5.75 Å². The highest BCUT2D eigenvalue weighted by Crippen LogP contribution is 2.21. The van der Waals surface area contributed by atoms with Gasteiger partial charge in [0, 0.05) is 6.54 Å². The summed E-state index contributed by atoms with van der Waals surface area (Å²) in [4.78, 5) is 11.3. The van der Waals surface area contributed by atoms with Crippen LogP contribution in [0.2, 0.25) is 0 Å². The molecule has 0 radical (unpaired) electrons. The van der Waals surface area contributed by atoms with Gasteiger partial charge in [0.05, 0.1) is 17.6 Å². The summed E-state index contributed by atoms with van der Waals surface area (Å²) in [7, 11) is -2.29. The zero-order chi connectivity index (χ0) is 15.9. The Balaban J connectivity index is 2.83. The Bertz CT molecular complexity index is 587. The molecule has 1 aromatic carbocycles. The molecule has 0 heterocycles. The number of nitrogens with one attached hydrogen (secondary N) is 2. The highest BCUT2D eigenvalue weighted by Gasteiger charge is 2.18. The number of benzene rings is 1. The van der Waals surface area contributed by atoms with Crippen LogP contribution < -0.4 is 20.5 Å². The van der Waals surface area contributed by atoms with Gasteiger partial charge in [-0.3, -0.25) is 4.79 Å². The third-order valence-corrected chi connectivity index (χ3v) is 4.28. The molecule has 0 aliphatic rings. The number of nitrogens with two attached hydrogens (primary N) is 1. The third kappa shape index (κ3) is 5.00. The molecule has 1 aromatic rings. The molecule has 4 N–H and O–H groups in total. The van der Waals surface area contributed by atoms with E-state index in [1.807, 2.05) is 6.92 Å². The summed E-state index contributed by atoms with van der Waals surface area (Å²) in [6, 6.07) is 4.00. The average Bonchev–Trinajstić information content (AvgIpc) is 2.46. The highest BCUT2D eigenvalue weighted by molar-refractivity contribution is 7.89. The summed E-state index contributed by atoms with van der Waals surface area (Å²) in [5, 5.41) is 3.10. The molecule has 0 aliphatic carbocycles. The van der Waals surface area contributed by atoms with Crippen molar-refractivity contribution in [2.75, 3.05) is 26.7 Å². The van der Waals surface area contributed by atoms with E-state index in [0.29, 0.717) is 13.0 Å². The quantitative estimate of drug-likeness (QED) is 0.559. The van der Waals surface area contributed by atoms with E-state index in [1.54, 1.807) is 0 Å². The summed E-state index contributed by atoms with van der Waals surface area (Å²) < 4.78 is 31.7. The molecule has 0 saturated carbocycles. The summed E-state index contributed by atoms with van der Waals surface area (Å²) in [6.45, 7) is 3.86. The van der Waals surface area contributed by atoms with Crippen molar-refractivity contribution in [2.45, 2.75) is 18.2 Å². The van der Waals surface area contributed by atoms with E-state index in [-0.39, 0.29) is 16.2 Å². The Morgan fingerprint density at radius 2 is 2.05 bits per heavy atom. The number of methoxy groups -OCH3 is 1. The number of sulfonamides is 1. The summed E-state index contributed by atoms with van der Waals surface area (Å²) in [5.74, 6) is -0.496. The monoisotopic (exact) mass is 315 g/mol. The summed E-state index contributed by atoms with van der Waals surface area (Å²) in [6.07, 6.45) is 0.673. The van der Waals surface area contributed by atoms with Crippen LogP contribution in [0.4, 0.5) is 0 Å². The number of carbonyl (C=O) groups is 1. The number of carbonyl (C=O) groups excluding carboxylic acids is 1. The Morgan fingerprint density at radius 1 is 1.33 bits per heavy atom. The molecule has 0 aliphatic heterocycles. The molecule has 0 bridgehead atoms. The molecule has 0 unspecified atom stereocenters. The van der Waals surface area contributed by atoms with Crippen molar-refractivity contribution >= 4 is 15.9 Å². The highest BCUT2D eigenvalue weighted by atomic mass is 32.2. The number of rotatable bonds is 9. The van der Waals surface area contributed by atoms with Crippen molar-refractivity contribution in [1.29, 1.82) is 0 Å². The second kappa shape index (κ2) is 7.96. The van der Waals surface area contributed by atoms with Crippen molar-refractivity contribution < 1.29 is 17.9 Å². The molecule has 8 heteroatoms. The Labute approximate surface area is 124 Å². The van der Waals surface area contributed by atoms with Gasteiger partial charge in [-0.05, 0) is 37.7 Å². The van der Waals surface area contributed by atoms with E-state index < -0.39 is 15.9 Å². The lowest BCUT2D eigenvalue weighted by atomic mass is 10.2. The van der Waals surface area contributed by atoms with Gasteiger partial charge in [-0.1, -0.05) is 6.92 Å². The fourth-order valence-electron chi connectivity index (χ4n) is 1.73. The van der Waals surface area contributed by atoms with Crippen LogP contribution in [0.1, 0.15) is 23.7 Å². The maximum absolute atomic E-state index is 12.1. The molecule has 118 valence electrons. The van der Waals surface area contributed by atoms with Crippen molar-refractivity contribution in [2.24, 2.45) is 5.73 Å². The van der Waals surface area contributed by atoms with Crippen molar-refractivity contribution in [1.82, 2.24) is 10.0 Å². The normalized spacial score (nSPS) is 11.3. The molecule has 1 amide bonds. The van der Waals surface area contributed by atoms with Crippen molar-refractivity contribution in [3.8, 4) is 5.75 Å². The van der Waals surface area contributed by atoms with Crippen LogP contribution in [0, 0.1) is 0 Å². The van der Waals surface area contributed by atoms with Gasteiger partial charge in [0.25, 0.3) is 5.91 Å². The lowest BCUT2D eigenvalue weighted by Gasteiger charge is -2.10. The smallest absolute Gasteiger partial charge is 0.252 e. The van der Waals surface area contributed by atoms with E-state index >= 15 is 0 Å². The minimum atomic E-state index is -3.67. The molecule has 0 saturated heterocycles. The molecule has 1 rings (SSSR count). The van der Waals surface area contributed by atoms with E-state index in [4.69, 9.17) is 10.5 Å². The standard InChI is InChI=1S/C13H21N3O4S/c1-3-15-7-4-8-16-21(18,19)10-5-6-12(20-2)11(9-10)13(14)17/h5-6,9,15-16H,3-4,7-8H2,1-2H3,(H2,14,17). The third-order valence-electron chi connectivity index (χ3n) is 2.82. The topological polar surface area (TPSA) is 111 Å². The SMILES string of the molecule is CCNCCCNS(=O)(=O)c1ccc(OC)c(C(N)=O)c1. The average molecular weight is 315 g/mol. The first-order valence-corrected chi connectivity index (χ1v) is 8.09. The first kappa shape index (κ1) is 17.4. The van der Waals surface area contributed by atoms with Gasteiger partial charge in [-0.25, -0.2) is 13.1 Å². The largest absolute Gasteiger partial charge is 0.496 e. The predicted octanol–water partition coefficient (Wildman–Crippen LogP) is 0.0720. The number of amides is 1. The molecule has 0 atom stereocenters. The van der Waals surface area contributed by atoms with Gasteiger partial charge in [0.2, 0.25) is 10.0 Å². The summed E-state index contributed by atoms with van der Waals surface area (Å²) >= 11 is 0. The first-order valence-electron chi connectivity index (χ1n) is 6.60. The zero-order valence-corrected chi connectivity index (χ0v) is 13.0. The van der Waals surface area contributed by atoms with Gasteiger partial charge < -0.3 is 15.8 Å². The number of primary amides is 1. The van der Waals surface area contributed by atoms with Gasteiger partial charge in [-0.15, -0.1) is 0 Å². The van der Waals surface area contributed by atoms with E-state index in [2.05, 4.69) is 10.0 Å². The van der Waals surface area contributed by atoms with Crippen LogP contribution in [0.15, 0.2) is 23.1 Å². The van der Waals surface area contributed by atoms with Crippen LogP contribution in [-0.2, 0) is 10.0 Å². The fourth-order valence-corrected chi connectivity index (χ4v) is 2.83. The lowest BCUT2D eigenvalue weighted by Crippen LogP contribution is -2.27. The molecular formula is C13H21N3O4S. The number of hydrogen-bond acceptors (Lipinski definition) is 5. The van der Waals surface area contributed by atoms with Crippen molar-refractivity contribution in [3.05, 3.63) is 23.8 Å². The summed E-state index contributed by atoms with van der Waals surface area (Å²) in [5.41, 5.74) is 5.25. The molecular weight excluding hydrogens is 294 g/mol. The second-order valence-electron chi connectivity index (χ2n) is 4.33. The van der Waals surface area contributed by atoms with Gasteiger partial charge in [-0.2, -0.15) is 0 Å². The first-order chi connectivity index (χ1) is 9.92. The fraction of sp³-hybridized carbons (Fsp3) is 0.462. The van der Waals surface area contributed by atoms with Gasteiger partial charge in [0.15, 0.2) is 0 Å². The van der Waals surface area contributed by atoms with Gasteiger partial charge >= 0.3 is 0 Å². The Morgan fingerprint density at radius 3 is 2.62 bits per heavy atom. The maximum Gasteiger partial charge on any atom is 0.252 e.